The Balaban J connectivity index is 0.00000288. The average molecular weight is 416 g/mol. The van der Waals surface area contributed by atoms with Crippen LogP contribution in [0.4, 0.5) is 5.69 Å². The molecule has 0 saturated heterocycles. The topological polar surface area (TPSA) is 72.9 Å². The van der Waals surface area contributed by atoms with E-state index in [0.29, 0.717) is 6.42 Å². The van der Waals surface area contributed by atoms with Gasteiger partial charge in [-0.05, 0) is 53.4 Å². The van der Waals surface area contributed by atoms with Gasteiger partial charge in [0.2, 0.25) is 5.91 Å². The highest BCUT2D eigenvalue weighted by Gasteiger charge is 2.26. The fraction of sp³-hybridized carbons (Fsp3) is 0.412. The lowest BCUT2D eigenvalue weighted by Crippen LogP contribution is -2.48. The Morgan fingerprint density at radius 2 is 2.04 bits per heavy atom. The summed E-state index contributed by atoms with van der Waals surface area (Å²) < 4.78 is 2.87. The second-order valence-electron chi connectivity index (χ2n) is 5.99. The normalized spacial score (nSPS) is 13.0. The summed E-state index contributed by atoms with van der Waals surface area (Å²) in [6.45, 7) is 4.60. The molecule has 2 rings (SSSR count). The molecule has 132 valence electrons. The Morgan fingerprint density at radius 1 is 1.38 bits per heavy atom. The zero-order valence-corrected chi connectivity index (χ0v) is 16.4. The molecule has 0 spiro atoms. The van der Waals surface area contributed by atoms with Crippen molar-refractivity contribution in [3.05, 3.63) is 46.7 Å². The molecule has 2 aromatic rings. The van der Waals surface area contributed by atoms with Gasteiger partial charge in [0.25, 0.3) is 0 Å². The molecule has 1 amide bonds. The van der Waals surface area contributed by atoms with Crippen LogP contribution in [0.15, 0.2) is 41.1 Å². The van der Waals surface area contributed by atoms with E-state index in [1.165, 1.54) is 5.56 Å². The van der Waals surface area contributed by atoms with Gasteiger partial charge >= 0.3 is 0 Å². The number of benzene rings is 1. The van der Waals surface area contributed by atoms with Crippen molar-refractivity contribution in [3.8, 4) is 0 Å². The van der Waals surface area contributed by atoms with Gasteiger partial charge in [0.1, 0.15) is 0 Å². The van der Waals surface area contributed by atoms with Gasteiger partial charge in [-0.15, -0.1) is 12.4 Å². The number of aromatic nitrogens is 2. The maximum Gasteiger partial charge on any atom is 0.244 e. The molecule has 1 atom stereocenters. The van der Waals surface area contributed by atoms with E-state index in [4.69, 9.17) is 5.73 Å². The number of halogens is 2. The smallest absolute Gasteiger partial charge is 0.244 e. The molecule has 0 aliphatic carbocycles. The minimum absolute atomic E-state index is 0. The second-order valence-corrected chi connectivity index (χ2v) is 6.91. The molecular formula is C17H24BrClN4O. The number of nitrogens with one attached hydrogen (secondary N) is 1. The van der Waals surface area contributed by atoms with Gasteiger partial charge in [-0.1, -0.05) is 25.5 Å². The number of hydrogen-bond acceptors (Lipinski definition) is 3. The largest absolute Gasteiger partial charge is 0.325 e. The molecule has 0 fully saturated rings. The van der Waals surface area contributed by atoms with Crippen LogP contribution in [0, 0.1) is 0 Å². The number of carbonyl (C=O) groups excluding carboxylic acids is 1. The molecule has 0 radical (unpaired) electrons. The lowest BCUT2D eigenvalue weighted by atomic mass is 9.96. The Hall–Kier alpha value is -1.37. The maximum atomic E-state index is 12.2. The summed E-state index contributed by atoms with van der Waals surface area (Å²) in [4.78, 5) is 12.2. The third kappa shape index (κ3) is 5.92. The van der Waals surface area contributed by atoms with E-state index >= 15 is 0 Å². The van der Waals surface area contributed by atoms with Crippen molar-refractivity contribution in [2.24, 2.45) is 5.73 Å². The molecule has 0 aliphatic heterocycles. The van der Waals surface area contributed by atoms with E-state index in [1.54, 1.807) is 13.1 Å². The highest BCUT2D eigenvalue weighted by molar-refractivity contribution is 9.10. The molecule has 1 heterocycles. The van der Waals surface area contributed by atoms with E-state index in [1.807, 2.05) is 42.1 Å². The van der Waals surface area contributed by atoms with Gasteiger partial charge in [-0.3, -0.25) is 9.48 Å². The van der Waals surface area contributed by atoms with Crippen molar-refractivity contribution in [2.45, 2.75) is 45.2 Å². The molecule has 1 aromatic carbocycles. The number of carbonyl (C=O) groups is 1. The van der Waals surface area contributed by atoms with Crippen LogP contribution in [0.25, 0.3) is 0 Å². The Bertz CT molecular complexity index is 655. The Kier molecular flexibility index (Phi) is 7.93. The van der Waals surface area contributed by atoms with Crippen LogP contribution in [0.5, 0.6) is 0 Å². The van der Waals surface area contributed by atoms with Gasteiger partial charge in [-0.2, -0.15) is 5.10 Å². The molecule has 3 N–H and O–H groups in total. The number of nitrogens with zero attached hydrogens (tertiary/aromatic N) is 2. The number of nitrogens with two attached hydrogens (primary N) is 1. The first-order chi connectivity index (χ1) is 10.9. The van der Waals surface area contributed by atoms with Crippen LogP contribution in [0.1, 0.15) is 32.3 Å². The van der Waals surface area contributed by atoms with E-state index in [0.717, 1.165) is 29.5 Å². The molecule has 0 aliphatic rings. The van der Waals surface area contributed by atoms with Gasteiger partial charge in [0.05, 0.1) is 16.2 Å². The van der Waals surface area contributed by atoms with Gasteiger partial charge in [0, 0.05) is 18.4 Å². The van der Waals surface area contributed by atoms with E-state index in [-0.39, 0.29) is 18.3 Å². The first kappa shape index (κ1) is 20.7. The average Bonchev–Trinajstić information content (AvgIpc) is 2.92. The van der Waals surface area contributed by atoms with Crippen LogP contribution < -0.4 is 11.1 Å². The van der Waals surface area contributed by atoms with Crippen molar-refractivity contribution in [1.82, 2.24) is 9.78 Å². The van der Waals surface area contributed by atoms with Crippen LogP contribution in [0.2, 0.25) is 0 Å². The van der Waals surface area contributed by atoms with Crippen molar-refractivity contribution in [3.63, 3.8) is 0 Å². The SMILES string of the molecule is CCCC(C)(N)C(=O)Nc1ccc(CCn2cc(Br)cn2)cc1.Cl. The van der Waals surface area contributed by atoms with Gasteiger partial charge < -0.3 is 11.1 Å². The summed E-state index contributed by atoms with van der Waals surface area (Å²) in [6, 6.07) is 7.85. The Labute approximate surface area is 157 Å². The molecule has 24 heavy (non-hydrogen) atoms. The number of anilines is 1. The van der Waals surface area contributed by atoms with E-state index in [2.05, 4.69) is 26.3 Å². The van der Waals surface area contributed by atoms with Crippen molar-refractivity contribution >= 4 is 39.9 Å². The third-order valence-corrected chi connectivity index (χ3v) is 4.14. The second kappa shape index (κ2) is 9.20. The predicted molar refractivity (Wildman–Crippen MR) is 103 cm³/mol. The minimum atomic E-state index is -0.832. The summed E-state index contributed by atoms with van der Waals surface area (Å²) in [7, 11) is 0. The summed E-state index contributed by atoms with van der Waals surface area (Å²) in [5, 5.41) is 7.11. The molecule has 7 heteroatoms. The number of amides is 1. The van der Waals surface area contributed by atoms with E-state index < -0.39 is 5.54 Å². The first-order valence-corrected chi connectivity index (χ1v) is 8.57. The third-order valence-electron chi connectivity index (χ3n) is 3.73. The zero-order valence-electron chi connectivity index (χ0n) is 14.0. The highest BCUT2D eigenvalue weighted by Crippen LogP contribution is 2.15. The molecule has 1 unspecified atom stereocenters. The molecular weight excluding hydrogens is 392 g/mol. The standard InChI is InChI=1S/C17H23BrN4O.ClH/c1-3-9-17(2,19)16(23)21-15-6-4-13(5-7-15)8-10-22-12-14(18)11-20-22;/h4-7,11-12H,3,8-10,19H2,1-2H3,(H,21,23);1H. The van der Waals surface area contributed by atoms with Crippen molar-refractivity contribution < 1.29 is 4.79 Å². The minimum Gasteiger partial charge on any atom is -0.325 e. The van der Waals surface area contributed by atoms with Crippen molar-refractivity contribution in [1.29, 1.82) is 0 Å². The lowest BCUT2D eigenvalue weighted by Gasteiger charge is -2.22. The van der Waals surface area contributed by atoms with E-state index in [9.17, 15) is 4.79 Å². The summed E-state index contributed by atoms with van der Waals surface area (Å²) in [5.41, 5.74) is 7.17. The molecule has 0 saturated carbocycles. The van der Waals surface area contributed by atoms with Crippen LogP contribution in [0.3, 0.4) is 0 Å². The highest BCUT2D eigenvalue weighted by atomic mass is 79.9. The monoisotopic (exact) mass is 414 g/mol. The predicted octanol–water partition coefficient (Wildman–Crippen LogP) is 3.77. The van der Waals surface area contributed by atoms with Crippen molar-refractivity contribution in [2.75, 3.05) is 5.32 Å². The fourth-order valence-electron chi connectivity index (χ4n) is 2.37. The number of rotatable bonds is 7. The van der Waals surface area contributed by atoms with Crippen LogP contribution in [-0.2, 0) is 17.8 Å². The van der Waals surface area contributed by atoms with Crippen LogP contribution >= 0.6 is 28.3 Å². The Morgan fingerprint density at radius 3 is 2.58 bits per heavy atom. The van der Waals surface area contributed by atoms with Crippen LogP contribution in [-0.4, -0.2) is 21.2 Å². The number of hydrogen-bond donors (Lipinski definition) is 2. The molecule has 1 aromatic heterocycles. The first-order valence-electron chi connectivity index (χ1n) is 7.78. The maximum absolute atomic E-state index is 12.2. The quantitative estimate of drug-likeness (QED) is 0.723. The summed E-state index contributed by atoms with van der Waals surface area (Å²) in [5.74, 6) is -0.145. The fourth-order valence-corrected chi connectivity index (χ4v) is 2.69. The number of aryl methyl sites for hydroxylation is 2. The summed E-state index contributed by atoms with van der Waals surface area (Å²) >= 11 is 3.38. The lowest BCUT2D eigenvalue weighted by molar-refractivity contribution is -0.120. The molecule has 0 bridgehead atoms. The molecule has 5 nitrogen and oxygen atoms in total. The van der Waals surface area contributed by atoms with Gasteiger partial charge in [0.15, 0.2) is 0 Å². The summed E-state index contributed by atoms with van der Waals surface area (Å²) in [6.07, 6.45) is 6.15. The zero-order chi connectivity index (χ0) is 16.9. The van der Waals surface area contributed by atoms with Gasteiger partial charge in [-0.25, -0.2) is 0 Å².